The van der Waals surface area contributed by atoms with Crippen molar-refractivity contribution in [3.05, 3.63) is 35.6 Å². The standard InChI is InChI=1S/C20H31FN4O2.HI/c1-5-22-18(23-11-9-15-7-6-8-16(21)13-15)25-12-10-17(14-25)24-19(26)27-20(2,3)4;/h6-8,13,17H,5,9-12,14H2,1-4H3,(H,22,23)(H,24,26);1H. The zero-order chi connectivity index (χ0) is 19.9. The summed E-state index contributed by atoms with van der Waals surface area (Å²) in [6, 6.07) is 6.64. The number of carbonyl (C=O) groups excluding carboxylic acids is 1. The molecule has 1 saturated heterocycles. The van der Waals surface area contributed by atoms with Crippen molar-refractivity contribution in [2.24, 2.45) is 4.99 Å². The monoisotopic (exact) mass is 506 g/mol. The van der Waals surface area contributed by atoms with Gasteiger partial charge in [0.2, 0.25) is 0 Å². The van der Waals surface area contributed by atoms with Crippen molar-refractivity contribution in [2.45, 2.75) is 52.2 Å². The second-order valence-electron chi connectivity index (χ2n) is 7.69. The minimum absolute atomic E-state index is 0. The molecule has 2 N–H and O–H groups in total. The first-order chi connectivity index (χ1) is 12.8. The lowest BCUT2D eigenvalue weighted by molar-refractivity contribution is 0.0507. The van der Waals surface area contributed by atoms with E-state index in [2.05, 4.69) is 20.5 Å². The Labute approximate surface area is 184 Å². The summed E-state index contributed by atoms with van der Waals surface area (Å²) >= 11 is 0. The molecule has 1 fully saturated rings. The van der Waals surface area contributed by atoms with Crippen LogP contribution >= 0.6 is 24.0 Å². The Kier molecular flexibility index (Phi) is 9.98. The number of rotatable bonds is 5. The molecule has 0 spiro atoms. The molecule has 1 aromatic rings. The highest BCUT2D eigenvalue weighted by Gasteiger charge is 2.27. The van der Waals surface area contributed by atoms with Gasteiger partial charge in [-0.25, -0.2) is 9.18 Å². The van der Waals surface area contributed by atoms with Crippen LogP contribution in [0.5, 0.6) is 0 Å². The number of halogens is 2. The van der Waals surface area contributed by atoms with Crippen LogP contribution < -0.4 is 10.6 Å². The zero-order valence-corrected chi connectivity index (χ0v) is 19.5. The molecular formula is C20H32FIN4O2. The summed E-state index contributed by atoms with van der Waals surface area (Å²) < 4.78 is 18.6. The lowest BCUT2D eigenvalue weighted by Crippen LogP contribution is -2.44. The van der Waals surface area contributed by atoms with Gasteiger partial charge in [0.05, 0.1) is 6.04 Å². The Morgan fingerprint density at radius 2 is 2.14 bits per heavy atom. The summed E-state index contributed by atoms with van der Waals surface area (Å²) in [5.41, 5.74) is 0.427. The number of aliphatic imine (C=N–C) groups is 1. The third-order valence-electron chi connectivity index (χ3n) is 4.09. The molecular weight excluding hydrogens is 474 g/mol. The van der Waals surface area contributed by atoms with E-state index in [1.807, 2.05) is 33.8 Å². The Morgan fingerprint density at radius 1 is 1.39 bits per heavy atom. The van der Waals surface area contributed by atoms with Crippen molar-refractivity contribution in [2.75, 3.05) is 26.2 Å². The van der Waals surface area contributed by atoms with Crippen LogP contribution in [0.1, 0.15) is 39.7 Å². The number of nitrogens with one attached hydrogen (secondary N) is 2. The van der Waals surface area contributed by atoms with Gasteiger partial charge in [0.25, 0.3) is 0 Å². The van der Waals surface area contributed by atoms with Crippen LogP contribution in [0.2, 0.25) is 0 Å². The molecule has 1 aliphatic heterocycles. The first kappa shape index (κ1) is 24.5. The lowest BCUT2D eigenvalue weighted by Gasteiger charge is -2.23. The van der Waals surface area contributed by atoms with Gasteiger partial charge >= 0.3 is 6.09 Å². The van der Waals surface area contributed by atoms with Crippen LogP contribution in [0.25, 0.3) is 0 Å². The van der Waals surface area contributed by atoms with Gasteiger partial charge in [-0.1, -0.05) is 12.1 Å². The summed E-state index contributed by atoms with van der Waals surface area (Å²) in [7, 11) is 0. The first-order valence-electron chi connectivity index (χ1n) is 9.54. The molecule has 8 heteroatoms. The van der Waals surface area contributed by atoms with Gasteiger partial charge in [-0.05, 0) is 58.2 Å². The fourth-order valence-corrected chi connectivity index (χ4v) is 2.95. The predicted octanol–water partition coefficient (Wildman–Crippen LogP) is 3.55. The summed E-state index contributed by atoms with van der Waals surface area (Å²) in [5.74, 6) is 0.599. The highest BCUT2D eigenvalue weighted by molar-refractivity contribution is 14.0. The van der Waals surface area contributed by atoms with Crippen molar-refractivity contribution in [1.82, 2.24) is 15.5 Å². The number of benzene rings is 1. The molecule has 1 aromatic carbocycles. The molecule has 0 bridgehead atoms. The number of likely N-dealkylation sites (tertiary alicyclic amines) is 1. The molecule has 6 nitrogen and oxygen atoms in total. The number of alkyl carbamates (subject to hydrolysis) is 1. The molecule has 1 heterocycles. The highest BCUT2D eigenvalue weighted by Crippen LogP contribution is 2.12. The molecule has 1 aliphatic rings. The number of hydrogen-bond acceptors (Lipinski definition) is 3. The molecule has 28 heavy (non-hydrogen) atoms. The van der Waals surface area contributed by atoms with Crippen LogP contribution in [-0.4, -0.2) is 54.8 Å². The Hall–Kier alpha value is -1.58. The minimum atomic E-state index is -0.504. The van der Waals surface area contributed by atoms with Crippen molar-refractivity contribution < 1.29 is 13.9 Å². The summed E-state index contributed by atoms with van der Waals surface area (Å²) in [4.78, 5) is 18.7. The zero-order valence-electron chi connectivity index (χ0n) is 17.1. The van der Waals surface area contributed by atoms with Crippen LogP contribution in [0.3, 0.4) is 0 Å². The second-order valence-corrected chi connectivity index (χ2v) is 7.69. The van der Waals surface area contributed by atoms with E-state index in [9.17, 15) is 9.18 Å². The Morgan fingerprint density at radius 3 is 2.79 bits per heavy atom. The maximum absolute atomic E-state index is 13.3. The van der Waals surface area contributed by atoms with Gasteiger partial charge in [-0.3, -0.25) is 4.99 Å². The Balaban J connectivity index is 0.00000392. The largest absolute Gasteiger partial charge is 0.444 e. The fraction of sp³-hybridized carbons (Fsp3) is 0.600. The number of ether oxygens (including phenoxy) is 1. The number of guanidine groups is 1. The summed E-state index contributed by atoms with van der Waals surface area (Å²) in [6.07, 6.45) is 1.13. The molecule has 1 atom stereocenters. The van der Waals surface area contributed by atoms with E-state index < -0.39 is 5.60 Å². The highest BCUT2D eigenvalue weighted by atomic mass is 127. The van der Waals surface area contributed by atoms with Crippen LogP contribution in [0.15, 0.2) is 29.3 Å². The van der Waals surface area contributed by atoms with Crippen molar-refractivity contribution in [3.8, 4) is 0 Å². The van der Waals surface area contributed by atoms with Crippen molar-refractivity contribution in [1.29, 1.82) is 0 Å². The lowest BCUT2D eigenvalue weighted by atomic mass is 10.1. The molecule has 2 rings (SSSR count). The number of amides is 1. The maximum Gasteiger partial charge on any atom is 0.407 e. The van der Waals surface area contributed by atoms with E-state index in [4.69, 9.17) is 4.74 Å². The number of hydrogen-bond donors (Lipinski definition) is 2. The van der Waals surface area contributed by atoms with E-state index in [0.29, 0.717) is 19.5 Å². The van der Waals surface area contributed by atoms with Crippen molar-refractivity contribution in [3.63, 3.8) is 0 Å². The van der Waals surface area contributed by atoms with Gasteiger partial charge in [-0.2, -0.15) is 0 Å². The fourth-order valence-electron chi connectivity index (χ4n) is 2.95. The molecule has 1 amide bonds. The SMILES string of the molecule is CCNC(=NCCc1cccc(F)c1)N1CCC(NC(=O)OC(C)(C)C)C1.I. The van der Waals surface area contributed by atoms with Crippen LogP contribution in [0.4, 0.5) is 9.18 Å². The van der Waals surface area contributed by atoms with Crippen LogP contribution in [-0.2, 0) is 11.2 Å². The molecule has 0 radical (unpaired) electrons. The number of carbonyl (C=O) groups is 1. The molecule has 0 saturated carbocycles. The maximum atomic E-state index is 13.3. The normalized spacial score (nSPS) is 17.1. The quantitative estimate of drug-likeness (QED) is 0.364. The van der Waals surface area contributed by atoms with Crippen LogP contribution in [0, 0.1) is 5.82 Å². The van der Waals surface area contributed by atoms with Gasteiger partial charge in [-0.15, -0.1) is 24.0 Å². The predicted molar refractivity (Wildman–Crippen MR) is 121 cm³/mol. The first-order valence-corrected chi connectivity index (χ1v) is 9.54. The molecule has 1 unspecified atom stereocenters. The summed E-state index contributed by atoms with van der Waals surface area (Å²) in [6.45, 7) is 10.4. The van der Waals surface area contributed by atoms with E-state index >= 15 is 0 Å². The topological polar surface area (TPSA) is 66.0 Å². The average Bonchev–Trinajstić information content (AvgIpc) is 3.00. The third-order valence-corrected chi connectivity index (χ3v) is 4.09. The number of nitrogens with zero attached hydrogens (tertiary/aromatic N) is 2. The average molecular weight is 506 g/mol. The van der Waals surface area contributed by atoms with E-state index in [1.165, 1.54) is 6.07 Å². The molecule has 0 aromatic heterocycles. The smallest absolute Gasteiger partial charge is 0.407 e. The van der Waals surface area contributed by atoms with Gasteiger partial charge < -0.3 is 20.3 Å². The van der Waals surface area contributed by atoms with E-state index in [-0.39, 0.29) is 41.9 Å². The van der Waals surface area contributed by atoms with Gasteiger partial charge in [0, 0.05) is 26.2 Å². The minimum Gasteiger partial charge on any atom is -0.444 e. The Bertz CT molecular complexity index is 664. The van der Waals surface area contributed by atoms with E-state index in [0.717, 1.165) is 31.0 Å². The molecule has 158 valence electrons. The molecule has 0 aliphatic carbocycles. The summed E-state index contributed by atoms with van der Waals surface area (Å²) in [5, 5.41) is 6.22. The van der Waals surface area contributed by atoms with Gasteiger partial charge in [0.1, 0.15) is 11.4 Å². The van der Waals surface area contributed by atoms with Gasteiger partial charge in [0.15, 0.2) is 5.96 Å². The van der Waals surface area contributed by atoms with Crippen molar-refractivity contribution >= 4 is 36.0 Å². The third kappa shape index (κ3) is 8.62. The van der Waals surface area contributed by atoms with E-state index in [1.54, 1.807) is 12.1 Å². The second kappa shape index (κ2) is 11.4.